The van der Waals surface area contributed by atoms with Crippen molar-refractivity contribution in [2.45, 2.75) is 57.9 Å². The summed E-state index contributed by atoms with van der Waals surface area (Å²) in [5, 5.41) is 8.65. The van der Waals surface area contributed by atoms with Crippen molar-refractivity contribution < 1.29 is 9.59 Å². The molecule has 5 nitrogen and oxygen atoms in total. The smallest absolute Gasteiger partial charge is 0.315 e. The molecule has 0 atom stereocenters. The summed E-state index contributed by atoms with van der Waals surface area (Å²) in [5.74, 6) is -0.0263. The number of nitrogens with one attached hydrogen (secondary N) is 3. The minimum atomic E-state index is -0.158. The van der Waals surface area contributed by atoms with Gasteiger partial charge in [-0.25, -0.2) is 4.79 Å². The van der Waals surface area contributed by atoms with E-state index in [1.54, 1.807) is 0 Å². The van der Waals surface area contributed by atoms with Crippen LogP contribution in [-0.4, -0.2) is 31.1 Å². The van der Waals surface area contributed by atoms with Crippen LogP contribution in [0, 0.1) is 6.92 Å². The molecule has 1 aromatic rings. The predicted octanol–water partition coefficient (Wildman–Crippen LogP) is 2.68. The summed E-state index contributed by atoms with van der Waals surface area (Å²) in [6, 6.07) is 8.32. The normalized spacial score (nSPS) is 14.9. The van der Waals surface area contributed by atoms with Gasteiger partial charge in [-0.1, -0.05) is 43.5 Å². The highest BCUT2D eigenvalue weighted by Crippen LogP contribution is 2.17. The summed E-state index contributed by atoms with van der Waals surface area (Å²) in [6.07, 6.45) is 6.91. The SMILES string of the molecule is Cc1ccccc1CCNC(=O)CCNC(=O)NC1CCCCC1. The molecular formula is C19H29N3O2. The molecular weight excluding hydrogens is 302 g/mol. The Labute approximate surface area is 144 Å². The maximum absolute atomic E-state index is 11.8. The summed E-state index contributed by atoms with van der Waals surface area (Å²) < 4.78 is 0. The zero-order valence-corrected chi connectivity index (χ0v) is 14.6. The van der Waals surface area contributed by atoms with E-state index in [9.17, 15) is 9.59 Å². The Bertz CT molecular complexity index is 539. The molecule has 1 fully saturated rings. The fourth-order valence-corrected chi connectivity index (χ4v) is 3.09. The van der Waals surface area contributed by atoms with E-state index < -0.39 is 0 Å². The van der Waals surface area contributed by atoms with E-state index in [2.05, 4.69) is 35.0 Å². The fraction of sp³-hybridized carbons (Fsp3) is 0.579. The van der Waals surface area contributed by atoms with Crippen molar-refractivity contribution in [3.8, 4) is 0 Å². The van der Waals surface area contributed by atoms with Gasteiger partial charge >= 0.3 is 6.03 Å². The lowest BCUT2D eigenvalue weighted by Gasteiger charge is -2.22. The second kappa shape index (κ2) is 9.96. The number of urea groups is 1. The Morgan fingerprint density at radius 3 is 2.54 bits per heavy atom. The van der Waals surface area contributed by atoms with Gasteiger partial charge in [0.15, 0.2) is 0 Å². The zero-order valence-electron chi connectivity index (χ0n) is 14.6. The number of benzene rings is 1. The van der Waals surface area contributed by atoms with Gasteiger partial charge in [0.1, 0.15) is 0 Å². The van der Waals surface area contributed by atoms with Crippen LogP contribution in [0.15, 0.2) is 24.3 Å². The van der Waals surface area contributed by atoms with Gasteiger partial charge in [0.25, 0.3) is 0 Å². The summed E-state index contributed by atoms with van der Waals surface area (Å²) in [7, 11) is 0. The molecule has 0 saturated heterocycles. The molecule has 1 aliphatic carbocycles. The molecule has 3 N–H and O–H groups in total. The lowest BCUT2D eigenvalue weighted by atomic mass is 9.96. The fourth-order valence-electron chi connectivity index (χ4n) is 3.09. The number of aryl methyl sites for hydroxylation is 1. The molecule has 0 spiro atoms. The summed E-state index contributed by atoms with van der Waals surface area (Å²) in [4.78, 5) is 23.6. The third-order valence-corrected chi connectivity index (χ3v) is 4.56. The lowest BCUT2D eigenvalue weighted by molar-refractivity contribution is -0.120. The lowest BCUT2D eigenvalue weighted by Crippen LogP contribution is -2.43. The highest BCUT2D eigenvalue weighted by atomic mass is 16.2. The van der Waals surface area contributed by atoms with Crippen LogP contribution in [0.25, 0.3) is 0 Å². The van der Waals surface area contributed by atoms with E-state index in [-0.39, 0.29) is 11.9 Å². The zero-order chi connectivity index (χ0) is 17.2. The van der Waals surface area contributed by atoms with Gasteiger partial charge in [0.05, 0.1) is 0 Å². The average molecular weight is 331 g/mol. The van der Waals surface area contributed by atoms with Crippen LogP contribution < -0.4 is 16.0 Å². The molecule has 1 aliphatic rings. The molecule has 2 rings (SSSR count). The highest BCUT2D eigenvalue weighted by Gasteiger charge is 2.15. The van der Waals surface area contributed by atoms with E-state index in [4.69, 9.17) is 0 Å². The van der Waals surface area contributed by atoms with Crippen molar-refractivity contribution in [2.75, 3.05) is 13.1 Å². The van der Waals surface area contributed by atoms with Gasteiger partial charge in [0.2, 0.25) is 5.91 Å². The Morgan fingerprint density at radius 2 is 1.79 bits per heavy atom. The molecule has 5 heteroatoms. The van der Waals surface area contributed by atoms with Crippen molar-refractivity contribution in [1.29, 1.82) is 0 Å². The van der Waals surface area contributed by atoms with Crippen LogP contribution in [0.4, 0.5) is 4.79 Å². The molecule has 132 valence electrons. The topological polar surface area (TPSA) is 70.2 Å². The molecule has 24 heavy (non-hydrogen) atoms. The maximum atomic E-state index is 11.8. The molecule has 0 bridgehead atoms. The monoisotopic (exact) mass is 331 g/mol. The van der Waals surface area contributed by atoms with Crippen molar-refractivity contribution in [2.24, 2.45) is 0 Å². The first kappa shape index (κ1) is 18.3. The van der Waals surface area contributed by atoms with Crippen LogP contribution in [0.3, 0.4) is 0 Å². The largest absolute Gasteiger partial charge is 0.356 e. The first-order valence-electron chi connectivity index (χ1n) is 9.00. The summed E-state index contributed by atoms with van der Waals surface area (Å²) in [6.45, 7) is 3.07. The molecule has 0 aromatic heterocycles. The molecule has 0 aliphatic heterocycles. The number of hydrogen-bond donors (Lipinski definition) is 3. The third kappa shape index (κ3) is 6.60. The van der Waals surface area contributed by atoms with E-state index in [1.807, 2.05) is 12.1 Å². The van der Waals surface area contributed by atoms with E-state index in [0.29, 0.717) is 25.6 Å². The Hall–Kier alpha value is -2.04. The van der Waals surface area contributed by atoms with Gasteiger partial charge < -0.3 is 16.0 Å². The maximum Gasteiger partial charge on any atom is 0.315 e. The molecule has 1 saturated carbocycles. The number of carbonyl (C=O) groups excluding carboxylic acids is 2. The Morgan fingerprint density at radius 1 is 1.04 bits per heavy atom. The van der Waals surface area contributed by atoms with Crippen molar-refractivity contribution in [3.63, 3.8) is 0 Å². The van der Waals surface area contributed by atoms with Crippen molar-refractivity contribution in [3.05, 3.63) is 35.4 Å². The number of hydrogen-bond acceptors (Lipinski definition) is 2. The minimum Gasteiger partial charge on any atom is -0.356 e. The van der Waals surface area contributed by atoms with Crippen LogP contribution in [0.5, 0.6) is 0 Å². The van der Waals surface area contributed by atoms with E-state index in [1.165, 1.54) is 30.4 Å². The Balaban J connectivity index is 1.54. The van der Waals surface area contributed by atoms with Crippen molar-refractivity contribution >= 4 is 11.9 Å². The second-order valence-corrected chi connectivity index (χ2v) is 6.51. The van der Waals surface area contributed by atoms with Gasteiger partial charge in [-0.05, 0) is 37.3 Å². The first-order chi connectivity index (χ1) is 11.6. The second-order valence-electron chi connectivity index (χ2n) is 6.51. The van der Waals surface area contributed by atoms with Crippen LogP contribution in [0.2, 0.25) is 0 Å². The average Bonchev–Trinajstić information content (AvgIpc) is 2.57. The van der Waals surface area contributed by atoms with Gasteiger partial charge in [-0.15, -0.1) is 0 Å². The summed E-state index contributed by atoms with van der Waals surface area (Å²) in [5.41, 5.74) is 2.50. The quantitative estimate of drug-likeness (QED) is 0.719. The minimum absolute atomic E-state index is 0.0263. The summed E-state index contributed by atoms with van der Waals surface area (Å²) >= 11 is 0. The Kier molecular flexibility index (Phi) is 7.59. The van der Waals surface area contributed by atoms with Crippen LogP contribution >= 0.6 is 0 Å². The van der Waals surface area contributed by atoms with E-state index >= 15 is 0 Å². The van der Waals surface area contributed by atoms with E-state index in [0.717, 1.165) is 19.3 Å². The number of carbonyl (C=O) groups is 2. The van der Waals surface area contributed by atoms with Gasteiger partial charge in [-0.2, -0.15) is 0 Å². The predicted molar refractivity (Wildman–Crippen MR) is 95.9 cm³/mol. The number of rotatable bonds is 7. The third-order valence-electron chi connectivity index (χ3n) is 4.56. The molecule has 0 unspecified atom stereocenters. The van der Waals surface area contributed by atoms with Gasteiger partial charge in [0, 0.05) is 25.6 Å². The first-order valence-corrected chi connectivity index (χ1v) is 9.00. The molecule has 1 aromatic carbocycles. The standard InChI is InChI=1S/C19H29N3O2/c1-15-7-5-6-8-16(15)11-13-20-18(23)12-14-21-19(24)22-17-9-3-2-4-10-17/h5-8,17H,2-4,9-14H2,1H3,(H,20,23)(H2,21,22,24). The molecule has 3 amide bonds. The molecule has 0 heterocycles. The highest BCUT2D eigenvalue weighted by molar-refractivity contribution is 5.78. The van der Waals surface area contributed by atoms with Crippen LogP contribution in [0.1, 0.15) is 49.7 Å². The van der Waals surface area contributed by atoms with Gasteiger partial charge in [-0.3, -0.25) is 4.79 Å². The molecule has 0 radical (unpaired) electrons. The van der Waals surface area contributed by atoms with Crippen LogP contribution in [-0.2, 0) is 11.2 Å². The van der Waals surface area contributed by atoms with Crippen molar-refractivity contribution in [1.82, 2.24) is 16.0 Å². The number of amides is 3.